The van der Waals surface area contributed by atoms with Gasteiger partial charge in [0.25, 0.3) is 0 Å². The summed E-state index contributed by atoms with van der Waals surface area (Å²) < 4.78 is 33.4. The average Bonchev–Trinajstić information content (AvgIpc) is 2.55. The third kappa shape index (κ3) is 3.42. The number of halogens is 3. The lowest BCUT2D eigenvalue weighted by Crippen LogP contribution is -2.39. The standard InChI is InChI=1S/C15H15BrF2N4O/c1-19-14-11(16)7-20-15(21-14)22-4-5-23-13(8-22)10-3-2-9(17)6-12(10)18/h2-3,6-7,13H,4-5,8H2,1H3,(H,19,20,21). The van der Waals surface area contributed by atoms with Crippen LogP contribution in [0.15, 0.2) is 28.9 Å². The minimum Gasteiger partial charge on any atom is -0.372 e. The Morgan fingerprint density at radius 3 is 2.96 bits per heavy atom. The molecule has 1 fully saturated rings. The third-order valence-electron chi connectivity index (χ3n) is 3.63. The number of aromatic nitrogens is 2. The van der Waals surface area contributed by atoms with Crippen molar-refractivity contribution in [2.24, 2.45) is 0 Å². The molecule has 0 aliphatic carbocycles. The summed E-state index contributed by atoms with van der Waals surface area (Å²) >= 11 is 3.36. The van der Waals surface area contributed by atoms with Crippen LogP contribution < -0.4 is 10.2 Å². The molecule has 0 saturated carbocycles. The first-order chi connectivity index (χ1) is 11.1. The van der Waals surface area contributed by atoms with E-state index in [0.717, 1.165) is 10.5 Å². The summed E-state index contributed by atoms with van der Waals surface area (Å²) in [6, 6.07) is 3.52. The lowest BCUT2D eigenvalue weighted by molar-refractivity contribution is 0.0369. The van der Waals surface area contributed by atoms with Gasteiger partial charge < -0.3 is 15.0 Å². The number of anilines is 2. The van der Waals surface area contributed by atoms with Crippen molar-refractivity contribution >= 4 is 27.7 Å². The number of morpholine rings is 1. The SMILES string of the molecule is CNc1nc(N2CCOC(c3ccc(F)cc3F)C2)ncc1Br. The molecule has 0 radical (unpaired) electrons. The highest BCUT2D eigenvalue weighted by Gasteiger charge is 2.26. The molecule has 1 saturated heterocycles. The lowest BCUT2D eigenvalue weighted by Gasteiger charge is -2.33. The van der Waals surface area contributed by atoms with Gasteiger partial charge in [-0.25, -0.2) is 13.8 Å². The van der Waals surface area contributed by atoms with Gasteiger partial charge in [-0.2, -0.15) is 4.98 Å². The van der Waals surface area contributed by atoms with E-state index in [-0.39, 0.29) is 0 Å². The van der Waals surface area contributed by atoms with E-state index < -0.39 is 17.7 Å². The number of nitrogens with zero attached hydrogens (tertiary/aromatic N) is 3. The first kappa shape index (κ1) is 16.1. The van der Waals surface area contributed by atoms with Crippen molar-refractivity contribution in [2.75, 3.05) is 37.0 Å². The lowest BCUT2D eigenvalue weighted by atomic mass is 10.1. The Bertz CT molecular complexity index is 716. The van der Waals surface area contributed by atoms with E-state index >= 15 is 0 Å². The van der Waals surface area contributed by atoms with Crippen molar-refractivity contribution in [2.45, 2.75) is 6.10 Å². The summed E-state index contributed by atoms with van der Waals surface area (Å²) in [4.78, 5) is 10.6. The van der Waals surface area contributed by atoms with E-state index in [0.29, 0.717) is 37.0 Å². The quantitative estimate of drug-likeness (QED) is 0.880. The zero-order valence-electron chi connectivity index (χ0n) is 12.4. The van der Waals surface area contributed by atoms with Crippen LogP contribution in [0.1, 0.15) is 11.7 Å². The highest BCUT2D eigenvalue weighted by atomic mass is 79.9. The maximum atomic E-state index is 14.0. The van der Waals surface area contributed by atoms with E-state index in [1.54, 1.807) is 13.2 Å². The summed E-state index contributed by atoms with van der Waals surface area (Å²) in [7, 11) is 1.77. The van der Waals surface area contributed by atoms with Gasteiger partial charge in [0.15, 0.2) is 0 Å². The number of ether oxygens (including phenoxy) is 1. The van der Waals surface area contributed by atoms with Gasteiger partial charge in [-0.3, -0.25) is 0 Å². The molecule has 1 unspecified atom stereocenters. The van der Waals surface area contributed by atoms with Crippen LogP contribution in [0.2, 0.25) is 0 Å². The summed E-state index contributed by atoms with van der Waals surface area (Å²) in [5, 5.41) is 2.98. The van der Waals surface area contributed by atoms with E-state index in [4.69, 9.17) is 4.74 Å². The molecule has 2 aromatic rings. The van der Waals surface area contributed by atoms with Gasteiger partial charge in [-0.1, -0.05) is 6.07 Å². The Morgan fingerprint density at radius 1 is 1.39 bits per heavy atom. The van der Waals surface area contributed by atoms with Crippen molar-refractivity contribution in [3.05, 3.63) is 46.1 Å². The summed E-state index contributed by atoms with van der Waals surface area (Å²) in [5.74, 6) is -0.00215. The molecule has 1 aromatic carbocycles. The molecule has 1 aromatic heterocycles. The Morgan fingerprint density at radius 2 is 2.22 bits per heavy atom. The molecule has 1 aliphatic heterocycles. The molecule has 1 N–H and O–H groups in total. The molecule has 5 nitrogen and oxygen atoms in total. The van der Waals surface area contributed by atoms with Crippen molar-refractivity contribution in [1.82, 2.24) is 9.97 Å². The molecule has 3 rings (SSSR count). The van der Waals surface area contributed by atoms with Crippen LogP contribution >= 0.6 is 15.9 Å². The fraction of sp³-hybridized carbons (Fsp3) is 0.333. The van der Waals surface area contributed by atoms with Gasteiger partial charge in [0.05, 0.1) is 17.6 Å². The van der Waals surface area contributed by atoms with Crippen molar-refractivity contribution in [3.8, 4) is 0 Å². The molecule has 122 valence electrons. The van der Waals surface area contributed by atoms with Crippen LogP contribution in [0.25, 0.3) is 0 Å². The van der Waals surface area contributed by atoms with Crippen LogP contribution in [-0.4, -0.2) is 36.7 Å². The maximum Gasteiger partial charge on any atom is 0.227 e. The minimum absolute atomic E-state index is 0.335. The largest absolute Gasteiger partial charge is 0.372 e. The van der Waals surface area contributed by atoms with Crippen molar-refractivity contribution < 1.29 is 13.5 Å². The number of hydrogen-bond donors (Lipinski definition) is 1. The number of hydrogen-bond acceptors (Lipinski definition) is 5. The normalized spacial score (nSPS) is 18.1. The number of nitrogens with one attached hydrogen (secondary N) is 1. The smallest absolute Gasteiger partial charge is 0.227 e. The van der Waals surface area contributed by atoms with E-state index in [1.807, 2.05) is 4.90 Å². The van der Waals surface area contributed by atoms with Crippen LogP contribution in [0.4, 0.5) is 20.5 Å². The Kier molecular flexibility index (Phi) is 4.72. The van der Waals surface area contributed by atoms with E-state index in [9.17, 15) is 8.78 Å². The minimum atomic E-state index is -0.607. The Labute approximate surface area is 140 Å². The molecular formula is C15H15BrF2N4O. The number of rotatable bonds is 3. The predicted octanol–water partition coefficient (Wildman–Crippen LogP) is 3.14. The monoisotopic (exact) mass is 384 g/mol. The second kappa shape index (κ2) is 6.76. The molecule has 0 amide bonds. The third-order valence-corrected chi connectivity index (χ3v) is 4.21. The highest BCUT2D eigenvalue weighted by Crippen LogP contribution is 2.28. The van der Waals surface area contributed by atoms with E-state index in [1.165, 1.54) is 12.1 Å². The zero-order chi connectivity index (χ0) is 16.4. The molecular weight excluding hydrogens is 370 g/mol. The first-order valence-electron chi connectivity index (χ1n) is 7.10. The van der Waals surface area contributed by atoms with Crippen LogP contribution in [0.5, 0.6) is 0 Å². The fourth-order valence-electron chi connectivity index (χ4n) is 2.47. The van der Waals surface area contributed by atoms with E-state index in [2.05, 4.69) is 31.2 Å². The number of benzene rings is 1. The molecule has 1 atom stereocenters. The molecule has 1 aliphatic rings. The van der Waals surface area contributed by atoms with Gasteiger partial charge in [0.1, 0.15) is 23.6 Å². The molecule has 0 bridgehead atoms. The maximum absolute atomic E-state index is 14.0. The summed E-state index contributed by atoms with van der Waals surface area (Å²) in [6.45, 7) is 1.41. The predicted molar refractivity (Wildman–Crippen MR) is 86.5 cm³/mol. The van der Waals surface area contributed by atoms with Gasteiger partial charge in [0.2, 0.25) is 5.95 Å². The second-order valence-corrected chi connectivity index (χ2v) is 5.94. The van der Waals surface area contributed by atoms with Gasteiger partial charge >= 0.3 is 0 Å². The average molecular weight is 385 g/mol. The summed E-state index contributed by atoms with van der Waals surface area (Å²) in [5.41, 5.74) is 0.335. The van der Waals surface area contributed by atoms with Gasteiger partial charge in [0, 0.05) is 31.4 Å². The Hall–Kier alpha value is -1.80. The van der Waals surface area contributed by atoms with Crippen molar-refractivity contribution in [1.29, 1.82) is 0 Å². The van der Waals surface area contributed by atoms with Gasteiger partial charge in [-0.15, -0.1) is 0 Å². The van der Waals surface area contributed by atoms with Crippen LogP contribution in [0.3, 0.4) is 0 Å². The second-order valence-electron chi connectivity index (χ2n) is 5.09. The highest BCUT2D eigenvalue weighted by molar-refractivity contribution is 9.10. The first-order valence-corrected chi connectivity index (χ1v) is 7.89. The Balaban J connectivity index is 1.83. The van der Waals surface area contributed by atoms with Gasteiger partial charge in [-0.05, 0) is 22.0 Å². The zero-order valence-corrected chi connectivity index (χ0v) is 14.0. The fourth-order valence-corrected chi connectivity index (χ4v) is 2.86. The topological polar surface area (TPSA) is 50.3 Å². The summed E-state index contributed by atoms with van der Waals surface area (Å²) in [6.07, 6.45) is 1.17. The van der Waals surface area contributed by atoms with Crippen molar-refractivity contribution in [3.63, 3.8) is 0 Å². The molecule has 2 heterocycles. The molecule has 0 spiro atoms. The van der Waals surface area contributed by atoms with Crippen LogP contribution in [-0.2, 0) is 4.74 Å². The van der Waals surface area contributed by atoms with Crippen LogP contribution in [0, 0.1) is 11.6 Å². The molecule has 8 heteroatoms. The molecule has 23 heavy (non-hydrogen) atoms.